The second-order valence-electron chi connectivity index (χ2n) is 6.23. The summed E-state index contributed by atoms with van der Waals surface area (Å²) in [6.07, 6.45) is 6.13. The normalized spacial score (nSPS) is 26.7. The van der Waals surface area contributed by atoms with Gasteiger partial charge >= 0.3 is 5.97 Å². The first kappa shape index (κ1) is 15.8. The molecule has 6 nitrogen and oxygen atoms in total. The van der Waals surface area contributed by atoms with Crippen LogP contribution in [0, 0.1) is 5.92 Å². The van der Waals surface area contributed by atoms with Gasteiger partial charge in [-0.25, -0.2) is 9.78 Å². The average Bonchev–Trinajstić information content (AvgIpc) is 2.95. The Labute approximate surface area is 135 Å². The highest BCUT2D eigenvalue weighted by molar-refractivity contribution is 5.97. The molecule has 1 saturated carbocycles. The topological polar surface area (TPSA) is 79.7 Å². The third-order valence-electron chi connectivity index (χ3n) is 4.88. The van der Waals surface area contributed by atoms with Gasteiger partial charge < -0.3 is 14.7 Å². The van der Waals surface area contributed by atoms with Crippen LogP contribution in [0.5, 0.6) is 5.88 Å². The van der Waals surface area contributed by atoms with Crippen molar-refractivity contribution < 1.29 is 19.4 Å². The molecule has 1 aromatic heterocycles. The van der Waals surface area contributed by atoms with E-state index in [9.17, 15) is 14.7 Å². The van der Waals surface area contributed by atoms with Crippen LogP contribution >= 0.6 is 0 Å². The van der Waals surface area contributed by atoms with E-state index in [-0.39, 0.29) is 11.9 Å². The fourth-order valence-corrected chi connectivity index (χ4v) is 3.86. The fourth-order valence-electron chi connectivity index (χ4n) is 3.86. The molecule has 0 spiro atoms. The number of aromatic nitrogens is 1. The van der Waals surface area contributed by atoms with E-state index < -0.39 is 12.0 Å². The molecule has 2 fully saturated rings. The maximum atomic E-state index is 12.9. The summed E-state index contributed by atoms with van der Waals surface area (Å²) in [5, 5.41) is 9.51. The first-order valence-corrected chi connectivity index (χ1v) is 8.26. The molecule has 1 aliphatic heterocycles. The van der Waals surface area contributed by atoms with Crippen LogP contribution in [0.3, 0.4) is 0 Å². The van der Waals surface area contributed by atoms with Crippen molar-refractivity contribution in [2.24, 2.45) is 5.92 Å². The number of ether oxygens (including phenoxy) is 1. The molecule has 2 aliphatic rings. The lowest BCUT2D eigenvalue weighted by atomic mass is 9.84. The molecule has 0 bridgehead atoms. The third-order valence-corrected chi connectivity index (χ3v) is 4.88. The van der Waals surface area contributed by atoms with Gasteiger partial charge in [0.2, 0.25) is 5.88 Å². The number of carboxylic acid groups (broad SMARTS) is 1. The van der Waals surface area contributed by atoms with Crippen molar-refractivity contribution in [1.29, 1.82) is 0 Å². The summed E-state index contributed by atoms with van der Waals surface area (Å²) in [5.74, 6) is -0.366. The quantitative estimate of drug-likeness (QED) is 0.921. The van der Waals surface area contributed by atoms with Crippen molar-refractivity contribution in [3.05, 3.63) is 23.9 Å². The highest BCUT2D eigenvalue weighted by Crippen LogP contribution is 2.40. The van der Waals surface area contributed by atoms with Gasteiger partial charge in [-0.15, -0.1) is 0 Å². The molecule has 1 saturated heterocycles. The maximum absolute atomic E-state index is 12.9. The summed E-state index contributed by atoms with van der Waals surface area (Å²) >= 11 is 0. The number of fused-ring (bicyclic) bond motifs is 1. The minimum Gasteiger partial charge on any atom is -0.480 e. The van der Waals surface area contributed by atoms with Crippen molar-refractivity contribution in [3.8, 4) is 5.88 Å². The number of hydrogen-bond donors (Lipinski definition) is 1. The van der Waals surface area contributed by atoms with Crippen LogP contribution in [0.1, 0.15) is 49.4 Å². The molecule has 3 rings (SSSR count). The van der Waals surface area contributed by atoms with E-state index in [1.54, 1.807) is 17.0 Å². The van der Waals surface area contributed by atoms with Gasteiger partial charge in [0.1, 0.15) is 6.04 Å². The first-order chi connectivity index (χ1) is 11.1. The van der Waals surface area contributed by atoms with Crippen LogP contribution in [-0.2, 0) is 4.79 Å². The number of aliphatic carboxylic acids is 1. The van der Waals surface area contributed by atoms with Crippen LogP contribution < -0.4 is 4.74 Å². The van der Waals surface area contributed by atoms with E-state index in [4.69, 9.17) is 4.74 Å². The van der Waals surface area contributed by atoms with Crippen LogP contribution in [0.15, 0.2) is 18.3 Å². The molecule has 0 unspecified atom stereocenters. The summed E-state index contributed by atoms with van der Waals surface area (Å²) < 4.78 is 5.28. The van der Waals surface area contributed by atoms with E-state index in [0.717, 1.165) is 25.7 Å². The van der Waals surface area contributed by atoms with Gasteiger partial charge in [0.25, 0.3) is 5.91 Å². The van der Waals surface area contributed by atoms with Crippen molar-refractivity contribution >= 4 is 11.9 Å². The Morgan fingerprint density at radius 1 is 1.35 bits per heavy atom. The van der Waals surface area contributed by atoms with Crippen LogP contribution in [0.2, 0.25) is 0 Å². The van der Waals surface area contributed by atoms with Gasteiger partial charge in [0, 0.05) is 18.3 Å². The summed E-state index contributed by atoms with van der Waals surface area (Å²) in [7, 11) is 0. The number of hydrogen-bond acceptors (Lipinski definition) is 4. The van der Waals surface area contributed by atoms with Gasteiger partial charge in [-0.2, -0.15) is 0 Å². The monoisotopic (exact) mass is 318 g/mol. The largest absolute Gasteiger partial charge is 0.480 e. The molecule has 3 atom stereocenters. The predicted octanol–water partition coefficient (Wildman–Crippen LogP) is 2.34. The number of rotatable bonds is 4. The van der Waals surface area contributed by atoms with Crippen LogP contribution in [0.4, 0.5) is 0 Å². The lowest BCUT2D eigenvalue weighted by molar-refractivity contribution is -0.141. The van der Waals surface area contributed by atoms with Crippen molar-refractivity contribution in [2.45, 2.75) is 51.1 Å². The highest BCUT2D eigenvalue weighted by atomic mass is 16.5. The number of nitrogens with zero attached hydrogens (tertiary/aromatic N) is 2. The predicted molar refractivity (Wildman–Crippen MR) is 83.4 cm³/mol. The summed E-state index contributed by atoms with van der Waals surface area (Å²) in [5.41, 5.74) is 0.422. The molecular formula is C17H22N2O4. The molecule has 1 amide bonds. The molecular weight excluding hydrogens is 296 g/mol. The molecule has 23 heavy (non-hydrogen) atoms. The number of likely N-dealkylation sites (tertiary alicyclic amines) is 1. The summed E-state index contributed by atoms with van der Waals surface area (Å²) in [6, 6.07) is 2.64. The highest BCUT2D eigenvalue weighted by Gasteiger charge is 2.47. The van der Waals surface area contributed by atoms with E-state index in [0.29, 0.717) is 30.4 Å². The van der Waals surface area contributed by atoms with E-state index in [1.165, 1.54) is 6.20 Å². The summed E-state index contributed by atoms with van der Waals surface area (Å²) in [4.78, 5) is 30.2. The molecule has 1 aliphatic carbocycles. The van der Waals surface area contributed by atoms with E-state index in [2.05, 4.69) is 4.98 Å². The SMILES string of the molecule is CCOc1ccc(C(=O)N2[C@@H]3CCCC[C@H]3C[C@H]2C(=O)O)cn1. The lowest BCUT2D eigenvalue weighted by Gasteiger charge is -2.33. The molecule has 6 heteroatoms. The zero-order chi connectivity index (χ0) is 16.4. The smallest absolute Gasteiger partial charge is 0.326 e. The van der Waals surface area contributed by atoms with Crippen molar-refractivity contribution in [1.82, 2.24) is 9.88 Å². The van der Waals surface area contributed by atoms with Crippen LogP contribution in [-0.4, -0.2) is 45.6 Å². The lowest BCUT2D eigenvalue weighted by Crippen LogP contribution is -2.46. The van der Waals surface area contributed by atoms with Gasteiger partial charge in [-0.1, -0.05) is 12.8 Å². The second-order valence-corrected chi connectivity index (χ2v) is 6.23. The zero-order valence-corrected chi connectivity index (χ0v) is 13.3. The third kappa shape index (κ3) is 3.02. The molecule has 1 aromatic rings. The van der Waals surface area contributed by atoms with Gasteiger partial charge in [0.05, 0.1) is 12.2 Å². The Hall–Kier alpha value is -2.11. The Balaban J connectivity index is 1.84. The molecule has 0 aromatic carbocycles. The molecule has 124 valence electrons. The average molecular weight is 318 g/mol. The fraction of sp³-hybridized carbons (Fsp3) is 0.588. The van der Waals surface area contributed by atoms with Crippen LogP contribution in [0.25, 0.3) is 0 Å². The van der Waals surface area contributed by atoms with E-state index in [1.807, 2.05) is 6.92 Å². The van der Waals surface area contributed by atoms with Gasteiger partial charge in [0.15, 0.2) is 0 Å². The number of carbonyl (C=O) groups excluding carboxylic acids is 1. The Kier molecular flexibility index (Phi) is 4.50. The van der Waals surface area contributed by atoms with Crippen molar-refractivity contribution in [2.75, 3.05) is 6.61 Å². The standard InChI is InChI=1S/C17H22N2O4/c1-2-23-15-8-7-12(10-18-15)16(20)19-13-6-4-3-5-11(13)9-14(19)17(21)22/h7-8,10-11,13-14H,2-6,9H2,1H3,(H,21,22)/t11-,13+,14-/m0/s1. The maximum Gasteiger partial charge on any atom is 0.326 e. The first-order valence-electron chi connectivity index (χ1n) is 8.26. The van der Waals surface area contributed by atoms with E-state index >= 15 is 0 Å². The number of pyridine rings is 1. The van der Waals surface area contributed by atoms with Gasteiger partial charge in [-0.3, -0.25) is 4.79 Å². The number of carbonyl (C=O) groups is 2. The van der Waals surface area contributed by atoms with Gasteiger partial charge in [-0.05, 0) is 38.2 Å². The van der Waals surface area contributed by atoms with Crippen molar-refractivity contribution in [3.63, 3.8) is 0 Å². The number of amides is 1. The summed E-state index contributed by atoms with van der Waals surface area (Å²) in [6.45, 7) is 2.38. The number of carboxylic acids is 1. The molecule has 0 radical (unpaired) electrons. The minimum absolute atomic E-state index is 0.0453. The second kappa shape index (κ2) is 6.56. The molecule has 2 heterocycles. The Morgan fingerprint density at radius 3 is 2.78 bits per heavy atom. The minimum atomic E-state index is -0.911. The Bertz CT molecular complexity index is 587. The Morgan fingerprint density at radius 2 is 2.13 bits per heavy atom. The zero-order valence-electron chi connectivity index (χ0n) is 13.3. The molecule has 1 N–H and O–H groups in total.